The Morgan fingerprint density at radius 2 is 2.22 bits per heavy atom. The molecule has 1 N–H and O–H groups in total. The van der Waals surface area contributed by atoms with E-state index in [4.69, 9.17) is 11.6 Å². The summed E-state index contributed by atoms with van der Waals surface area (Å²) in [6, 6.07) is 3.13. The summed E-state index contributed by atoms with van der Waals surface area (Å²) in [4.78, 5) is 34.2. The number of nitro benzene ring substituents is 1. The molecule has 0 bridgehead atoms. The van der Waals surface area contributed by atoms with Crippen LogP contribution in [-0.2, 0) is 0 Å². The highest BCUT2D eigenvalue weighted by atomic mass is 35.5. The fraction of sp³-hybridized carbons (Fsp3) is 0.200. The van der Waals surface area contributed by atoms with Crippen LogP contribution < -0.4 is 5.32 Å². The largest absolute Gasteiger partial charge is 0.336 e. The van der Waals surface area contributed by atoms with Crippen molar-refractivity contribution in [3.63, 3.8) is 0 Å². The predicted octanol–water partition coefficient (Wildman–Crippen LogP) is 1.41. The number of imide groups is 1. The third-order valence-corrected chi connectivity index (χ3v) is 2.80. The van der Waals surface area contributed by atoms with Gasteiger partial charge in [0.25, 0.3) is 11.6 Å². The van der Waals surface area contributed by atoms with Crippen LogP contribution in [-0.4, -0.2) is 34.9 Å². The van der Waals surface area contributed by atoms with Crippen LogP contribution in [0.3, 0.4) is 0 Å². The van der Waals surface area contributed by atoms with Gasteiger partial charge in [0, 0.05) is 24.7 Å². The number of benzene rings is 1. The summed E-state index contributed by atoms with van der Waals surface area (Å²) in [6.07, 6.45) is 0. The molecule has 8 heteroatoms. The molecule has 0 atom stereocenters. The Morgan fingerprint density at radius 3 is 2.72 bits per heavy atom. The first-order chi connectivity index (χ1) is 8.50. The number of nitrogens with zero attached hydrogens (tertiary/aromatic N) is 2. The van der Waals surface area contributed by atoms with E-state index >= 15 is 0 Å². The van der Waals surface area contributed by atoms with E-state index in [0.29, 0.717) is 6.54 Å². The molecule has 1 aliphatic rings. The minimum Gasteiger partial charge on any atom is -0.336 e. The number of rotatable bonds is 2. The molecule has 0 saturated carbocycles. The highest BCUT2D eigenvalue weighted by Gasteiger charge is 2.28. The number of hydrogen-bond donors (Lipinski definition) is 1. The molecular weight excluding hydrogens is 262 g/mol. The van der Waals surface area contributed by atoms with Crippen LogP contribution in [0, 0.1) is 10.1 Å². The highest BCUT2D eigenvalue weighted by Crippen LogP contribution is 2.25. The number of urea groups is 1. The van der Waals surface area contributed by atoms with Gasteiger partial charge in [0.1, 0.15) is 5.02 Å². The summed E-state index contributed by atoms with van der Waals surface area (Å²) >= 11 is 5.70. The molecule has 1 saturated heterocycles. The molecule has 1 aromatic rings. The minimum atomic E-state index is -0.640. The lowest BCUT2D eigenvalue weighted by molar-refractivity contribution is -0.384. The van der Waals surface area contributed by atoms with E-state index in [0.717, 1.165) is 11.0 Å². The van der Waals surface area contributed by atoms with Crippen LogP contribution in [0.2, 0.25) is 5.02 Å². The Morgan fingerprint density at radius 1 is 1.50 bits per heavy atom. The quantitative estimate of drug-likeness (QED) is 0.649. The molecule has 1 aromatic carbocycles. The zero-order valence-corrected chi connectivity index (χ0v) is 9.81. The van der Waals surface area contributed by atoms with E-state index in [1.807, 2.05) is 0 Å². The Hall–Kier alpha value is -2.15. The number of hydrogen-bond acceptors (Lipinski definition) is 4. The summed E-state index contributed by atoms with van der Waals surface area (Å²) in [6.45, 7) is 0.664. The molecule has 2 rings (SSSR count). The Kier molecular flexibility index (Phi) is 3.15. The maximum atomic E-state index is 11.9. The van der Waals surface area contributed by atoms with Gasteiger partial charge in [-0.3, -0.25) is 19.8 Å². The van der Waals surface area contributed by atoms with Gasteiger partial charge in [-0.25, -0.2) is 4.79 Å². The first kappa shape index (κ1) is 12.3. The molecule has 94 valence electrons. The SMILES string of the molecule is O=C1NCCN1C(=O)c1ccc([N+](=O)[O-])c(Cl)c1. The van der Waals surface area contributed by atoms with Crippen LogP contribution >= 0.6 is 11.6 Å². The Balaban J connectivity index is 2.29. The standard InChI is InChI=1S/C10H8ClN3O4/c11-7-5-6(1-2-8(7)14(17)18)9(15)13-4-3-12-10(13)16/h1-2,5H,3-4H2,(H,12,16). The second-order valence-electron chi connectivity index (χ2n) is 3.61. The van der Waals surface area contributed by atoms with E-state index < -0.39 is 16.9 Å². The molecule has 1 fully saturated rings. The Bertz CT molecular complexity index is 546. The average molecular weight is 270 g/mol. The number of carbonyl (C=O) groups is 2. The average Bonchev–Trinajstić information content (AvgIpc) is 2.74. The topological polar surface area (TPSA) is 92.6 Å². The number of amides is 3. The van der Waals surface area contributed by atoms with Crippen molar-refractivity contribution in [1.29, 1.82) is 0 Å². The van der Waals surface area contributed by atoms with Crippen molar-refractivity contribution in [1.82, 2.24) is 10.2 Å². The van der Waals surface area contributed by atoms with Crippen molar-refractivity contribution in [2.45, 2.75) is 0 Å². The van der Waals surface area contributed by atoms with Crippen molar-refractivity contribution in [2.75, 3.05) is 13.1 Å². The van der Waals surface area contributed by atoms with Crippen LogP contribution in [0.25, 0.3) is 0 Å². The van der Waals surface area contributed by atoms with Gasteiger partial charge >= 0.3 is 6.03 Å². The fourth-order valence-electron chi connectivity index (χ4n) is 1.61. The number of carbonyl (C=O) groups excluding carboxylic acids is 2. The normalized spacial score (nSPS) is 14.5. The lowest BCUT2D eigenvalue weighted by Crippen LogP contribution is -2.34. The lowest BCUT2D eigenvalue weighted by atomic mass is 10.2. The summed E-state index contributed by atoms with van der Waals surface area (Å²) in [5, 5.41) is 12.9. The van der Waals surface area contributed by atoms with E-state index in [2.05, 4.69) is 5.32 Å². The van der Waals surface area contributed by atoms with Crippen molar-refractivity contribution in [3.05, 3.63) is 38.9 Å². The first-order valence-electron chi connectivity index (χ1n) is 5.04. The van der Waals surface area contributed by atoms with Gasteiger partial charge in [-0.05, 0) is 12.1 Å². The van der Waals surface area contributed by atoms with Crippen molar-refractivity contribution in [2.24, 2.45) is 0 Å². The zero-order valence-electron chi connectivity index (χ0n) is 9.05. The second kappa shape index (κ2) is 4.61. The summed E-state index contributed by atoms with van der Waals surface area (Å²) < 4.78 is 0. The van der Waals surface area contributed by atoms with E-state index in [1.54, 1.807) is 0 Å². The number of halogens is 1. The number of nitrogens with one attached hydrogen (secondary N) is 1. The summed E-state index contributed by atoms with van der Waals surface area (Å²) in [5.41, 5.74) is -0.137. The molecule has 0 aliphatic carbocycles. The summed E-state index contributed by atoms with van der Waals surface area (Å²) in [7, 11) is 0. The van der Waals surface area contributed by atoms with Crippen molar-refractivity contribution >= 4 is 29.2 Å². The molecule has 1 heterocycles. The van der Waals surface area contributed by atoms with E-state index in [-0.39, 0.29) is 22.8 Å². The minimum absolute atomic E-state index is 0.134. The monoisotopic (exact) mass is 269 g/mol. The molecule has 0 radical (unpaired) electrons. The van der Waals surface area contributed by atoms with Gasteiger partial charge in [0.05, 0.1) is 4.92 Å². The molecule has 0 unspecified atom stereocenters. The smallest absolute Gasteiger partial charge is 0.324 e. The van der Waals surface area contributed by atoms with E-state index in [1.165, 1.54) is 12.1 Å². The lowest BCUT2D eigenvalue weighted by Gasteiger charge is -2.11. The van der Waals surface area contributed by atoms with Gasteiger partial charge in [-0.15, -0.1) is 0 Å². The first-order valence-corrected chi connectivity index (χ1v) is 5.42. The molecule has 0 aromatic heterocycles. The fourth-order valence-corrected chi connectivity index (χ4v) is 1.86. The molecule has 1 aliphatic heterocycles. The van der Waals surface area contributed by atoms with Gasteiger partial charge in [-0.1, -0.05) is 11.6 Å². The molecule has 0 spiro atoms. The molecule has 18 heavy (non-hydrogen) atoms. The molecule has 7 nitrogen and oxygen atoms in total. The van der Waals surface area contributed by atoms with Crippen molar-refractivity contribution in [3.8, 4) is 0 Å². The zero-order chi connectivity index (χ0) is 13.3. The van der Waals surface area contributed by atoms with E-state index in [9.17, 15) is 19.7 Å². The van der Waals surface area contributed by atoms with Crippen LogP contribution in [0.4, 0.5) is 10.5 Å². The van der Waals surface area contributed by atoms with Crippen LogP contribution in [0.5, 0.6) is 0 Å². The van der Waals surface area contributed by atoms with Crippen molar-refractivity contribution < 1.29 is 14.5 Å². The summed E-state index contributed by atoms with van der Waals surface area (Å²) in [5.74, 6) is -0.526. The number of nitro groups is 1. The maximum absolute atomic E-state index is 11.9. The second-order valence-corrected chi connectivity index (χ2v) is 4.02. The van der Waals surface area contributed by atoms with Gasteiger partial charge in [0.15, 0.2) is 0 Å². The highest BCUT2D eigenvalue weighted by molar-refractivity contribution is 6.33. The third kappa shape index (κ3) is 2.12. The molecular formula is C10H8ClN3O4. The van der Waals surface area contributed by atoms with Gasteiger partial charge in [-0.2, -0.15) is 0 Å². The van der Waals surface area contributed by atoms with Crippen LogP contribution in [0.15, 0.2) is 18.2 Å². The molecule has 3 amide bonds. The Labute approximate surface area is 106 Å². The van der Waals surface area contributed by atoms with Gasteiger partial charge < -0.3 is 5.32 Å². The predicted molar refractivity (Wildman–Crippen MR) is 62.5 cm³/mol. The van der Waals surface area contributed by atoms with Crippen LogP contribution in [0.1, 0.15) is 10.4 Å². The third-order valence-electron chi connectivity index (χ3n) is 2.49. The van der Waals surface area contributed by atoms with Gasteiger partial charge in [0.2, 0.25) is 0 Å². The maximum Gasteiger partial charge on any atom is 0.324 e.